The first-order valence-corrected chi connectivity index (χ1v) is 8.94. The van der Waals surface area contributed by atoms with E-state index < -0.39 is 0 Å². The van der Waals surface area contributed by atoms with E-state index in [4.69, 9.17) is 14.2 Å². The molecular weight excluding hydrogens is 328 g/mol. The molecule has 0 bridgehead atoms. The van der Waals surface area contributed by atoms with Gasteiger partial charge < -0.3 is 14.2 Å². The normalized spacial score (nSPS) is 19.3. The van der Waals surface area contributed by atoms with Gasteiger partial charge in [0.25, 0.3) is 0 Å². The monoisotopic (exact) mass is 346 g/mol. The van der Waals surface area contributed by atoms with Crippen molar-refractivity contribution in [2.75, 3.05) is 6.79 Å². The molecule has 0 aromatic heterocycles. The molecule has 0 amide bonds. The largest absolute Gasteiger partial charge is 0.454 e. The van der Waals surface area contributed by atoms with Crippen LogP contribution in [-0.2, 0) is 22.4 Å². The second kappa shape index (κ2) is 6.06. The Morgan fingerprint density at radius 2 is 1.73 bits per heavy atom. The predicted octanol–water partition coefficient (Wildman–Crippen LogP) is 4.28. The van der Waals surface area contributed by atoms with Gasteiger partial charge in [-0.1, -0.05) is 18.2 Å². The lowest BCUT2D eigenvalue weighted by atomic mass is 9.90. The third kappa shape index (κ3) is 2.68. The molecule has 0 unspecified atom stereocenters. The Morgan fingerprint density at radius 1 is 0.885 bits per heavy atom. The molecule has 0 saturated carbocycles. The van der Waals surface area contributed by atoms with Crippen LogP contribution in [0.4, 0.5) is 0 Å². The Labute approximate surface area is 151 Å². The van der Waals surface area contributed by atoms with Crippen LogP contribution in [0.5, 0.6) is 11.5 Å². The topological polar surface area (TPSA) is 44.8 Å². The third-order valence-corrected chi connectivity index (χ3v) is 5.08. The first-order valence-electron chi connectivity index (χ1n) is 8.94. The van der Waals surface area contributed by atoms with Crippen molar-refractivity contribution in [2.45, 2.75) is 25.7 Å². The Hall–Kier alpha value is -3.01. The Morgan fingerprint density at radius 3 is 2.65 bits per heavy atom. The number of hydrogen-bond acceptors (Lipinski definition) is 4. The number of aryl methyl sites for hydroxylation is 2. The number of esters is 1. The number of ether oxygens (including phenoxy) is 3. The predicted molar refractivity (Wildman–Crippen MR) is 97.7 cm³/mol. The number of carbonyl (C=O) groups is 1. The number of rotatable bonds is 2. The molecule has 0 atom stereocenters. The smallest absolute Gasteiger partial charge is 0.343 e. The minimum atomic E-state index is -0.324. The van der Waals surface area contributed by atoms with Crippen LogP contribution in [0.25, 0.3) is 11.8 Å². The van der Waals surface area contributed by atoms with Crippen LogP contribution in [0.2, 0.25) is 0 Å². The molecular formula is C22H18O4. The molecule has 0 N–H and O–H groups in total. The zero-order valence-corrected chi connectivity index (χ0v) is 14.3. The fourth-order valence-electron chi connectivity index (χ4n) is 3.70. The summed E-state index contributed by atoms with van der Waals surface area (Å²) in [6.45, 7) is 0.236. The second-order valence-corrected chi connectivity index (χ2v) is 6.80. The van der Waals surface area contributed by atoms with E-state index in [1.807, 2.05) is 36.4 Å². The Bertz CT molecular complexity index is 968. The molecule has 5 rings (SSSR count). The van der Waals surface area contributed by atoms with Crippen molar-refractivity contribution in [1.82, 2.24) is 0 Å². The number of cyclic esters (lactones) is 1. The Kier molecular flexibility index (Phi) is 3.56. The summed E-state index contributed by atoms with van der Waals surface area (Å²) in [5.74, 6) is 1.72. The van der Waals surface area contributed by atoms with Crippen molar-refractivity contribution in [3.8, 4) is 11.5 Å². The summed E-state index contributed by atoms with van der Waals surface area (Å²) in [5, 5.41) is 0. The van der Waals surface area contributed by atoms with Crippen molar-refractivity contribution in [1.29, 1.82) is 0 Å². The first kappa shape index (κ1) is 15.3. The lowest BCUT2D eigenvalue weighted by Gasteiger charge is -2.16. The van der Waals surface area contributed by atoms with Gasteiger partial charge in [-0.3, -0.25) is 0 Å². The molecule has 0 spiro atoms. The maximum Gasteiger partial charge on any atom is 0.343 e. The maximum absolute atomic E-state index is 12.3. The number of fused-ring (bicyclic) bond motifs is 2. The standard InChI is InChI=1S/C22H18O4/c23-22-18(9-14-5-8-19-21(10-14)25-13-24-19)12-20(26-22)17-7-6-15-3-1-2-4-16(15)11-17/h5-12H,1-4,13H2/b18-9-. The van der Waals surface area contributed by atoms with Crippen LogP contribution in [0, 0.1) is 0 Å². The number of carbonyl (C=O) groups excluding carboxylic acids is 1. The van der Waals surface area contributed by atoms with E-state index in [1.165, 1.54) is 24.0 Å². The van der Waals surface area contributed by atoms with Gasteiger partial charge in [-0.15, -0.1) is 0 Å². The van der Waals surface area contributed by atoms with Gasteiger partial charge in [-0.2, -0.15) is 0 Å². The van der Waals surface area contributed by atoms with Gasteiger partial charge in [0, 0.05) is 5.56 Å². The Balaban J connectivity index is 1.46. The van der Waals surface area contributed by atoms with E-state index >= 15 is 0 Å². The van der Waals surface area contributed by atoms with E-state index in [0.717, 1.165) is 29.7 Å². The van der Waals surface area contributed by atoms with Crippen molar-refractivity contribution < 1.29 is 19.0 Å². The molecule has 2 heterocycles. The summed E-state index contributed by atoms with van der Waals surface area (Å²) >= 11 is 0. The van der Waals surface area contributed by atoms with E-state index in [0.29, 0.717) is 17.1 Å². The highest BCUT2D eigenvalue weighted by Gasteiger charge is 2.23. The highest BCUT2D eigenvalue weighted by Crippen LogP contribution is 2.34. The molecule has 2 aliphatic heterocycles. The summed E-state index contributed by atoms with van der Waals surface area (Å²) in [6.07, 6.45) is 8.36. The van der Waals surface area contributed by atoms with E-state index in [9.17, 15) is 4.79 Å². The second-order valence-electron chi connectivity index (χ2n) is 6.80. The minimum absolute atomic E-state index is 0.236. The highest BCUT2D eigenvalue weighted by atomic mass is 16.7. The van der Waals surface area contributed by atoms with Crippen LogP contribution in [-0.4, -0.2) is 12.8 Å². The summed E-state index contributed by atoms with van der Waals surface area (Å²) in [4.78, 5) is 12.3. The number of hydrogen-bond donors (Lipinski definition) is 0. The third-order valence-electron chi connectivity index (χ3n) is 5.08. The zero-order valence-electron chi connectivity index (χ0n) is 14.3. The molecule has 0 fully saturated rings. The van der Waals surface area contributed by atoms with Gasteiger partial charge in [0.15, 0.2) is 11.5 Å². The zero-order chi connectivity index (χ0) is 17.5. The molecule has 0 saturated heterocycles. The fraction of sp³-hybridized carbons (Fsp3) is 0.227. The van der Waals surface area contributed by atoms with Crippen LogP contribution in [0.3, 0.4) is 0 Å². The summed E-state index contributed by atoms with van der Waals surface area (Å²) in [7, 11) is 0. The molecule has 3 aliphatic rings. The van der Waals surface area contributed by atoms with Gasteiger partial charge in [0.1, 0.15) is 5.76 Å². The average Bonchev–Trinajstić information content (AvgIpc) is 3.28. The van der Waals surface area contributed by atoms with E-state index in [-0.39, 0.29) is 12.8 Å². The van der Waals surface area contributed by atoms with Crippen LogP contribution < -0.4 is 9.47 Å². The van der Waals surface area contributed by atoms with Crippen molar-refractivity contribution in [3.63, 3.8) is 0 Å². The lowest BCUT2D eigenvalue weighted by molar-refractivity contribution is -0.130. The average molecular weight is 346 g/mol. The summed E-state index contributed by atoms with van der Waals surface area (Å²) in [5.41, 5.74) is 5.17. The molecule has 4 heteroatoms. The molecule has 130 valence electrons. The number of benzene rings is 2. The van der Waals surface area contributed by atoms with Gasteiger partial charge in [0.05, 0.1) is 5.57 Å². The van der Waals surface area contributed by atoms with Crippen molar-refractivity contribution in [3.05, 3.63) is 70.3 Å². The summed E-state index contributed by atoms with van der Waals surface area (Å²) in [6, 6.07) is 12.0. The van der Waals surface area contributed by atoms with Crippen LogP contribution in [0.1, 0.15) is 35.1 Å². The van der Waals surface area contributed by atoms with Gasteiger partial charge in [-0.05, 0) is 72.7 Å². The molecule has 2 aromatic carbocycles. The molecule has 26 heavy (non-hydrogen) atoms. The van der Waals surface area contributed by atoms with E-state index in [2.05, 4.69) is 12.1 Å². The SMILES string of the molecule is O=C1OC(c2ccc3c(c2)CCCC3)=C/C1=C/c1ccc2c(c1)OCO2. The highest BCUT2D eigenvalue weighted by molar-refractivity contribution is 6.05. The quantitative estimate of drug-likeness (QED) is 0.601. The van der Waals surface area contributed by atoms with E-state index in [1.54, 1.807) is 0 Å². The minimum Gasteiger partial charge on any atom is -0.454 e. The van der Waals surface area contributed by atoms with Crippen LogP contribution in [0.15, 0.2) is 48.0 Å². The maximum atomic E-state index is 12.3. The molecule has 4 nitrogen and oxygen atoms in total. The first-order chi connectivity index (χ1) is 12.8. The van der Waals surface area contributed by atoms with Gasteiger partial charge in [0.2, 0.25) is 6.79 Å². The van der Waals surface area contributed by atoms with Crippen molar-refractivity contribution in [2.24, 2.45) is 0 Å². The summed E-state index contributed by atoms with van der Waals surface area (Å²) < 4.78 is 16.2. The van der Waals surface area contributed by atoms with Crippen LogP contribution >= 0.6 is 0 Å². The lowest BCUT2D eigenvalue weighted by Crippen LogP contribution is -2.03. The van der Waals surface area contributed by atoms with Gasteiger partial charge in [-0.25, -0.2) is 4.79 Å². The van der Waals surface area contributed by atoms with Gasteiger partial charge >= 0.3 is 5.97 Å². The molecule has 1 aliphatic carbocycles. The molecule has 2 aromatic rings. The molecule has 0 radical (unpaired) electrons. The fourth-order valence-corrected chi connectivity index (χ4v) is 3.70. The van der Waals surface area contributed by atoms with Crippen molar-refractivity contribution >= 4 is 17.8 Å².